The molecule has 2 N–H and O–H groups in total. The molecule has 0 radical (unpaired) electrons. The van der Waals surface area contributed by atoms with E-state index in [4.69, 9.17) is 15.5 Å². The van der Waals surface area contributed by atoms with E-state index in [1.54, 1.807) is 11.3 Å². The molecule has 2 aromatic carbocycles. The van der Waals surface area contributed by atoms with Gasteiger partial charge in [0.2, 0.25) is 0 Å². The molecule has 0 unspecified atom stereocenters. The van der Waals surface area contributed by atoms with Crippen molar-refractivity contribution in [3.63, 3.8) is 0 Å². The van der Waals surface area contributed by atoms with Gasteiger partial charge in [-0.25, -0.2) is 4.98 Å². The highest BCUT2D eigenvalue weighted by molar-refractivity contribution is 7.20. The standard InChI is InChI=1S/C21H21N3OS/c1-3-25-18-10-9-14(2)11-16(18)20-17(12-22)24-13-19(26-21(24)23-20)15-7-5-4-6-8-15/h4-11,13H,3,12,22H2,1-2H3. The van der Waals surface area contributed by atoms with Crippen LogP contribution in [0.1, 0.15) is 18.2 Å². The average Bonchev–Trinajstić information content (AvgIpc) is 3.21. The van der Waals surface area contributed by atoms with Crippen molar-refractivity contribution < 1.29 is 4.74 Å². The Bertz CT molecular complexity index is 1050. The third kappa shape index (κ3) is 2.89. The van der Waals surface area contributed by atoms with Crippen LogP contribution in [-0.2, 0) is 6.54 Å². The maximum Gasteiger partial charge on any atom is 0.195 e. The van der Waals surface area contributed by atoms with Gasteiger partial charge in [-0.1, -0.05) is 53.3 Å². The first kappa shape index (κ1) is 16.8. The summed E-state index contributed by atoms with van der Waals surface area (Å²) in [6.45, 7) is 5.11. The van der Waals surface area contributed by atoms with Gasteiger partial charge in [0, 0.05) is 18.3 Å². The molecular formula is C21H21N3OS. The summed E-state index contributed by atoms with van der Waals surface area (Å²) in [5.41, 5.74) is 11.4. The highest BCUT2D eigenvalue weighted by Crippen LogP contribution is 2.37. The van der Waals surface area contributed by atoms with Crippen LogP contribution in [0.2, 0.25) is 0 Å². The molecule has 0 aliphatic carbocycles. The van der Waals surface area contributed by atoms with Gasteiger partial charge in [-0.15, -0.1) is 0 Å². The molecular weight excluding hydrogens is 342 g/mol. The number of thiazole rings is 1. The fourth-order valence-corrected chi connectivity index (χ4v) is 4.15. The Labute approximate surface area is 156 Å². The number of hydrogen-bond acceptors (Lipinski definition) is 4. The zero-order valence-electron chi connectivity index (χ0n) is 14.9. The lowest BCUT2D eigenvalue weighted by atomic mass is 10.1. The predicted molar refractivity (Wildman–Crippen MR) is 108 cm³/mol. The van der Waals surface area contributed by atoms with Crippen molar-refractivity contribution in [2.24, 2.45) is 5.73 Å². The van der Waals surface area contributed by atoms with E-state index in [9.17, 15) is 0 Å². The summed E-state index contributed by atoms with van der Waals surface area (Å²) in [6, 6.07) is 16.5. The van der Waals surface area contributed by atoms with E-state index >= 15 is 0 Å². The van der Waals surface area contributed by atoms with E-state index in [0.717, 1.165) is 27.7 Å². The topological polar surface area (TPSA) is 52.5 Å². The van der Waals surface area contributed by atoms with Crippen LogP contribution in [-0.4, -0.2) is 16.0 Å². The van der Waals surface area contributed by atoms with Crippen molar-refractivity contribution in [3.8, 4) is 27.4 Å². The zero-order valence-corrected chi connectivity index (χ0v) is 15.7. The van der Waals surface area contributed by atoms with Crippen LogP contribution >= 0.6 is 11.3 Å². The number of nitrogens with zero attached hydrogens (tertiary/aromatic N) is 2. The minimum Gasteiger partial charge on any atom is -0.493 e. The van der Waals surface area contributed by atoms with Crippen LogP contribution in [0.3, 0.4) is 0 Å². The Morgan fingerprint density at radius 1 is 1.15 bits per heavy atom. The number of ether oxygens (including phenoxy) is 1. The van der Waals surface area contributed by atoms with Crippen LogP contribution in [0.25, 0.3) is 26.7 Å². The van der Waals surface area contributed by atoms with Crippen LogP contribution in [0.15, 0.2) is 54.7 Å². The molecule has 26 heavy (non-hydrogen) atoms. The van der Waals surface area contributed by atoms with Crippen LogP contribution < -0.4 is 10.5 Å². The lowest BCUT2D eigenvalue weighted by Crippen LogP contribution is -2.03. The lowest BCUT2D eigenvalue weighted by Gasteiger charge is -2.11. The molecule has 4 rings (SSSR count). The van der Waals surface area contributed by atoms with Crippen molar-refractivity contribution in [1.29, 1.82) is 0 Å². The largest absolute Gasteiger partial charge is 0.493 e. The Morgan fingerprint density at radius 2 is 1.96 bits per heavy atom. The molecule has 4 nitrogen and oxygen atoms in total. The number of hydrogen-bond donors (Lipinski definition) is 1. The van der Waals surface area contributed by atoms with Gasteiger partial charge in [-0.2, -0.15) is 0 Å². The quantitative estimate of drug-likeness (QED) is 0.549. The minimum atomic E-state index is 0.418. The molecule has 132 valence electrons. The summed E-state index contributed by atoms with van der Waals surface area (Å²) in [5, 5.41) is 0. The second-order valence-corrected chi connectivity index (χ2v) is 7.17. The third-order valence-electron chi connectivity index (χ3n) is 4.37. The van der Waals surface area contributed by atoms with Gasteiger partial charge >= 0.3 is 0 Å². The first-order valence-electron chi connectivity index (χ1n) is 8.71. The van der Waals surface area contributed by atoms with Gasteiger partial charge in [0.15, 0.2) is 4.96 Å². The van der Waals surface area contributed by atoms with E-state index in [-0.39, 0.29) is 0 Å². The number of aryl methyl sites for hydroxylation is 1. The van der Waals surface area contributed by atoms with Crippen molar-refractivity contribution in [2.75, 3.05) is 6.61 Å². The smallest absolute Gasteiger partial charge is 0.195 e. The molecule has 0 saturated heterocycles. The molecule has 0 fully saturated rings. The Kier molecular flexibility index (Phi) is 4.49. The monoisotopic (exact) mass is 363 g/mol. The molecule has 0 aliphatic rings. The van der Waals surface area contributed by atoms with Crippen molar-refractivity contribution >= 4 is 16.3 Å². The Morgan fingerprint density at radius 3 is 2.69 bits per heavy atom. The van der Waals surface area contributed by atoms with E-state index in [2.05, 4.69) is 41.8 Å². The second-order valence-electron chi connectivity index (χ2n) is 6.16. The molecule has 2 heterocycles. The summed E-state index contributed by atoms with van der Waals surface area (Å²) in [7, 11) is 0. The maximum absolute atomic E-state index is 6.11. The fourth-order valence-electron chi connectivity index (χ4n) is 3.15. The summed E-state index contributed by atoms with van der Waals surface area (Å²) < 4.78 is 7.94. The second kappa shape index (κ2) is 6.94. The molecule has 0 spiro atoms. The van der Waals surface area contributed by atoms with Crippen LogP contribution in [0.4, 0.5) is 0 Å². The molecule has 2 aromatic heterocycles. The van der Waals surface area contributed by atoms with Gasteiger partial charge < -0.3 is 10.5 Å². The summed E-state index contributed by atoms with van der Waals surface area (Å²) in [4.78, 5) is 7.04. The average molecular weight is 363 g/mol. The van der Waals surface area contributed by atoms with Crippen LogP contribution in [0, 0.1) is 6.92 Å². The number of fused-ring (bicyclic) bond motifs is 1. The SMILES string of the molecule is CCOc1ccc(C)cc1-c1nc2sc(-c3ccccc3)cn2c1CN. The maximum atomic E-state index is 6.11. The third-order valence-corrected chi connectivity index (χ3v) is 5.40. The highest BCUT2D eigenvalue weighted by Gasteiger charge is 2.19. The molecule has 0 aliphatic heterocycles. The number of benzene rings is 2. The molecule has 5 heteroatoms. The molecule has 0 saturated carbocycles. The fraction of sp³-hybridized carbons (Fsp3) is 0.190. The highest BCUT2D eigenvalue weighted by atomic mass is 32.1. The molecule has 0 bridgehead atoms. The van der Waals surface area contributed by atoms with Gasteiger partial charge in [0.05, 0.1) is 22.9 Å². The van der Waals surface area contributed by atoms with Gasteiger partial charge in [0.25, 0.3) is 0 Å². The number of aromatic nitrogens is 2. The van der Waals surface area contributed by atoms with Gasteiger partial charge in [0.1, 0.15) is 5.75 Å². The number of nitrogens with two attached hydrogens (primary N) is 1. The first-order valence-corrected chi connectivity index (χ1v) is 9.53. The molecule has 0 amide bonds. The molecule has 0 atom stereocenters. The summed E-state index contributed by atoms with van der Waals surface area (Å²) in [5.74, 6) is 0.849. The zero-order chi connectivity index (χ0) is 18.1. The number of imidazole rings is 1. The first-order chi connectivity index (χ1) is 12.7. The van der Waals surface area contributed by atoms with E-state index < -0.39 is 0 Å². The van der Waals surface area contributed by atoms with E-state index in [0.29, 0.717) is 13.2 Å². The van der Waals surface area contributed by atoms with Crippen molar-refractivity contribution in [2.45, 2.75) is 20.4 Å². The summed E-state index contributed by atoms with van der Waals surface area (Å²) in [6.07, 6.45) is 2.13. The lowest BCUT2D eigenvalue weighted by molar-refractivity contribution is 0.341. The Hall–Kier alpha value is -2.63. The van der Waals surface area contributed by atoms with Crippen molar-refractivity contribution in [1.82, 2.24) is 9.38 Å². The van der Waals surface area contributed by atoms with Gasteiger partial charge in [-0.3, -0.25) is 4.40 Å². The normalized spacial score (nSPS) is 11.2. The number of rotatable bonds is 5. The minimum absolute atomic E-state index is 0.418. The van der Waals surface area contributed by atoms with Crippen LogP contribution in [0.5, 0.6) is 5.75 Å². The Balaban J connectivity index is 1.87. The predicted octanol–water partition coefficient (Wildman–Crippen LogP) is 4.90. The van der Waals surface area contributed by atoms with E-state index in [1.165, 1.54) is 16.0 Å². The van der Waals surface area contributed by atoms with Crippen molar-refractivity contribution in [3.05, 3.63) is 66.0 Å². The summed E-state index contributed by atoms with van der Waals surface area (Å²) >= 11 is 1.67. The van der Waals surface area contributed by atoms with E-state index in [1.807, 2.05) is 31.2 Å². The van der Waals surface area contributed by atoms with Gasteiger partial charge in [-0.05, 0) is 31.5 Å². The molecule has 4 aromatic rings.